The van der Waals surface area contributed by atoms with Crippen molar-refractivity contribution in [3.8, 4) is 6.07 Å². The summed E-state index contributed by atoms with van der Waals surface area (Å²) in [6.07, 6.45) is 1.56. The Morgan fingerprint density at radius 2 is 2.14 bits per heavy atom. The molecule has 1 aromatic rings. The second kappa shape index (κ2) is 6.02. The van der Waals surface area contributed by atoms with Gasteiger partial charge in [-0.15, -0.1) is 0 Å². The maximum Gasteiger partial charge on any atom is 0.322 e. The quantitative estimate of drug-likeness (QED) is 0.912. The molecule has 1 fully saturated rings. The normalized spacial score (nSPS) is 19.9. The predicted molar refractivity (Wildman–Crippen MR) is 75.3 cm³/mol. The SMILES string of the molecule is N#Cc1ccc(S(=O)(=O)N2CCCC[C@@H]2C(=O)O)c(Cl)c1. The zero-order valence-corrected chi connectivity index (χ0v) is 12.6. The summed E-state index contributed by atoms with van der Waals surface area (Å²) in [4.78, 5) is 11.1. The van der Waals surface area contributed by atoms with Crippen LogP contribution in [-0.4, -0.2) is 36.4 Å². The van der Waals surface area contributed by atoms with Gasteiger partial charge in [0.2, 0.25) is 10.0 Å². The van der Waals surface area contributed by atoms with Gasteiger partial charge in [-0.1, -0.05) is 11.6 Å². The number of hydrogen-bond donors (Lipinski definition) is 1. The van der Waals surface area contributed by atoms with Crippen LogP contribution in [0.2, 0.25) is 5.02 Å². The van der Waals surface area contributed by atoms with Crippen molar-refractivity contribution in [1.82, 2.24) is 4.31 Å². The van der Waals surface area contributed by atoms with Crippen LogP contribution < -0.4 is 0 Å². The summed E-state index contributed by atoms with van der Waals surface area (Å²) in [6.45, 7) is 0.148. The number of carboxylic acid groups (broad SMARTS) is 1. The monoisotopic (exact) mass is 328 g/mol. The Labute approximate surface area is 127 Å². The second-order valence-electron chi connectivity index (χ2n) is 4.72. The Hall–Kier alpha value is -1.62. The van der Waals surface area contributed by atoms with Crippen molar-refractivity contribution < 1.29 is 18.3 Å². The van der Waals surface area contributed by atoms with Gasteiger partial charge in [-0.25, -0.2) is 8.42 Å². The van der Waals surface area contributed by atoms with Crippen LogP contribution in [0.3, 0.4) is 0 Å². The molecule has 0 bridgehead atoms. The van der Waals surface area contributed by atoms with Crippen molar-refractivity contribution in [3.05, 3.63) is 28.8 Å². The lowest BCUT2D eigenvalue weighted by Gasteiger charge is -2.32. The summed E-state index contributed by atoms with van der Waals surface area (Å²) in [5, 5.41) is 17.9. The molecule has 1 saturated heterocycles. The van der Waals surface area contributed by atoms with Gasteiger partial charge >= 0.3 is 5.97 Å². The largest absolute Gasteiger partial charge is 0.480 e. The number of nitriles is 1. The van der Waals surface area contributed by atoms with Crippen LogP contribution >= 0.6 is 11.6 Å². The number of carbonyl (C=O) groups is 1. The maximum atomic E-state index is 12.6. The average molecular weight is 329 g/mol. The van der Waals surface area contributed by atoms with Crippen molar-refractivity contribution in [2.24, 2.45) is 0 Å². The molecule has 21 heavy (non-hydrogen) atoms. The van der Waals surface area contributed by atoms with Crippen LogP contribution in [0.1, 0.15) is 24.8 Å². The highest BCUT2D eigenvalue weighted by atomic mass is 35.5. The first-order chi connectivity index (χ1) is 9.87. The highest BCUT2D eigenvalue weighted by Crippen LogP contribution is 2.30. The van der Waals surface area contributed by atoms with Crippen molar-refractivity contribution in [3.63, 3.8) is 0 Å². The zero-order chi connectivity index (χ0) is 15.6. The summed E-state index contributed by atoms with van der Waals surface area (Å²) < 4.78 is 26.2. The van der Waals surface area contributed by atoms with E-state index < -0.39 is 22.0 Å². The molecule has 0 unspecified atom stereocenters. The highest BCUT2D eigenvalue weighted by molar-refractivity contribution is 7.89. The molecule has 0 amide bonds. The zero-order valence-electron chi connectivity index (χ0n) is 11.0. The lowest BCUT2D eigenvalue weighted by Crippen LogP contribution is -2.47. The van der Waals surface area contributed by atoms with Crippen LogP contribution in [0.5, 0.6) is 0 Å². The van der Waals surface area contributed by atoms with E-state index in [4.69, 9.17) is 16.9 Å². The number of rotatable bonds is 3. The number of carboxylic acids is 1. The Morgan fingerprint density at radius 1 is 1.43 bits per heavy atom. The number of piperidine rings is 1. The minimum Gasteiger partial charge on any atom is -0.480 e. The van der Waals surface area contributed by atoms with E-state index in [2.05, 4.69) is 0 Å². The third-order valence-electron chi connectivity index (χ3n) is 3.39. The van der Waals surface area contributed by atoms with E-state index >= 15 is 0 Å². The molecule has 0 aromatic heterocycles. The van der Waals surface area contributed by atoms with Gasteiger partial charge in [-0.05, 0) is 37.5 Å². The van der Waals surface area contributed by atoms with Gasteiger partial charge < -0.3 is 5.11 Å². The molecule has 1 heterocycles. The molecule has 0 radical (unpaired) electrons. The molecule has 1 N–H and O–H groups in total. The van der Waals surface area contributed by atoms with Crippen LogP contribution in [0.15, 0.2) is 23.1 Å². The Balaban J connectivity index is 2.46. The summed E-state index contributed by atoms with van der Waals surface area (Å²) in [5.41, 5.74) is 0.243. The Kier molecular flexibility index (Phi) is 4.52. The van der Waals surface area contributed by atoms with Crippen molar-refractivity contribution in [2.75, 3.05) is 6.54 Å². The number of hydrogen-bond acceptors (Lipinski definition) is 4. The van der Waals surface area contributed by atoms with Gasteiger partial charge in [0, 0.05) is 6.54 Å². The van der Waals surface area contributed by atoms with E-state index in [0.717, 1.165) is 4.31 Å². The highest BCUT2D eigenvalue weighted by Gasteiger charge is 2.38. The minimum atomic E-state index is -4.00. The fraction of sp³-hybridized carbons (Fsp3) is 0.385. The van der Waals surface area contributed by atoms with Crippen LogP contribution in [0.4, 0.5) is 0 Å². The molecule has 2 rings (SSSR count). The van der Waals surface area contributed by atoms with Crippen molar-refractivity contribution >= 4 is 27.6 Å². The first-order valence-corrected chi connectivity index (χ1v) is 8.14. The van der Waals surface area contributed by atoms with Crippen molar-refractivity contribution in [2.45, 2.75) is 30.2 Å². The van der Waals surface area contributed by atoms with E-state index in [9.17, 15) is 18.3 Å². The van der Waals surface area contributed by atoms with Gasteiger partial charge in [-0.2, -0.15) is 9.57 Å². The molecular formula is C13H13ClN2O4S. The third kappa shape index (κ3) is 3.02. The lowest BCUT2D eigenvalue weighted by molar-refractivity contribution is -0.142. The van der Waals surface area contributed by atoms with Crippen LogP contribution in [-0.2, 0) is 14.8 Å². The molecule has 1 aliphatic heterocycles. The summed E-state index contributed by atoms with van der Waals surface area (Å²) >= 11 is 5.93. The van der Waals surface area contributed by atoms with E-state index in [0.29, 0.717) is 12.8 Å². The van der Waals surface area contributed by atoms with E-state index in [-0.39, 0.29) is 28.4 Å². The average Bonchev–Trinajstić information content (AvgIpc) is 2.46. The van der Waals surface area contributed by atoms with E-state index in [1.807, 2.05) is 6.07 Å². The van der Waals surface area contributed by atoms with Crippen LogP contribution in [0.25, 0.3) is 0 Å². The number of halogens is 1. The van der Waals surface area contributed by atoms with Gasteiger partial charge in [0.05, 0.1) is 16.7 Å². The molecular weight excluding hydrogens is 316 g/mol. The molecule has 0 spiro atoms. The number of aliphatic carboxylic acids is 1. The topological polar surface area (TPSA) is 98.5 Å². The Bertz CT molecular complexity index is 711. The molecule has 0 saturated carbocycles. The summed E-state index contributed by atoms with van der Waals surface area (Å²) in [5.74, 6) is -1.16. The number of benzene rings is 1. The maximum absolute atomic E-state index is 12.6. The number of nitrogens with zero attached hydrogens (tertiary/aromatic N) is 2. The fourth-order valence-corrected chi connectivity index (χ4v) is 4.52. The summed E-state index contributed by atoms with van der Waals surface area (Å²) in [7, 11) is -4.00. The molecule has 1 atom stereocenters. The number of sulfonamides is 1. The van der Waals surface area contributed by atoms with Crippen molar-refractivity contribution in [1.29, 1.82) is 5.26 Å². The second-order valence-corrected chi connectivity index (χ2v) is 6.99. The lowest BCUT2D eigenvalue weighted by atomic mass is 10.1. The van der Waals surface area contributed by atoms with Gasteiger partial charge in [0.1, 0.15) is 10.9 Å². The minimum absolute atomic E-state index is 0.0798. The molecule has 112 valence electrons. The molecule has 8 heteroatoms. The Morgan fingerprint density at radius 3 is 2.71 bits per heavy atom. The van der Waals surface area contributed by atoms with Gasteiger partial charge in [-0.3, -0.25) is 4.79 Å². The van der Waals surface area contributed by atoms with Gasteiger partial charge in [0.25, 0.3) is 0 Å². The summed E-state index contributed by atoms with van der Waals surface area (Å²) in [6, 6.07) is 4.64. The molecule has 1 aliphatic rings. The fourth-order valence-electron chi connectivity index (χ4n) is 2.35. The smallest absolute Gasteiger partial charge is 0.322 e. The van der Waals surface area contributed by atoms with E-state index in [1.165, 1.54) is 18.2 Å². The standard InChI is InChI=1S/C13H13ClN2O4S/c14-10-7-9(8-15)4-5-12(10)21(19,20)16-6-2-1-3-11(16)13(17)18/h4-5,7,11H,1-3,6H2,(H,17,18)/t11-/m1/s1. The van der Waals surface area contributed by atoms with Crippen LogP contribution in [0, 0.1) is 11.3 Å². The third-order valence-corrected chi connectivity index (χ3v) is 5.78. The molecule has 0 aliphatic carbocycles. The first-order valence-electron chi connectivity index (χ1n) is 6.32. The van der Waals surface area contributed by atoms with Gasteiger partial charge in [0.15, 0.2) is 0 Å². The molecule has 6 nitrogen and oxygen atoms in total. The molecule has 1 aromatic carbocycles. The van der Waals surface area contributed by atoms with E-state index in [1.54, 1.807) is 0 Å². The predicted octanol–water partition coefficient (Wildman–Crippen LogP) is 1.84. The first kappa shape index (κ1) is 15.8.